The van der Waals surface area contributed by atoms with Crippen LogP contribution in [0, 0.1) is 0 Å². The van der Waals surface area contributed by atoms with E-state index in [0.29, 0.717) is 17.5 Å². The van der Waals surface area contributed by atoms with Crippen LogP contribution in [0.1, 0.15) is 30.8 Å². The topological polar surface area (TPSA) is 64.7 Å². The zero-order chi connectivity index (χ0) is 16.4. The highest BCUT2D eigenvalue weighted by Gasteiger charge is 2.18. The molecule has 0 atom stereocenters. The standard InChI is InChI=1S/C16H18ClN5O/c1-3-9-22-13-8-6-5-7-12(13)18-16(22)19-15(23)14-11(17)10-21(4-2)20-14/h5-8,10H,3-4,9H2,1-2H3,(H,18,19,23). The number of rotatable bonds is 5. The summed E-state index contributed by atoms with van der Waals surface area (Å²) in [6, 6.07) is 7.81. The first-order chi connectivity index (χ1) is 11.1. The van der Waals surface area contributed by atoms with E-state index in [1.54, 1.807) is 10.9 Å². The van der Waals surface area contributed by atoms with Gasteiger partial charge in [0.25, 0.3) is 5.91 Å². The molecule has 3 rings (SSSR count). The first-order valence-electron chi connectivity index (χ1n) is 7.63. The Morgan fingerprint density at radius 3 is 2.78 bits per heavy atom. The number of carbonyl (C=O) groups is 1. The van der Waals surface area contributed by atoms with Gasteiger partial charge in [-0.2, -0.15) is 5.10 Å². The van der Waals surface area contributed by atoms with Crippen molar-refractivity contribution in [3.05, 3.63) is 41.2 Å². The highest BCUT2D eigenvalue weighted by molar-refractivity contribution is 6.34. The van der Waals surface area contributed by atoms with Crippen molar-refractivity contribution in [3.8, 4) is 0 Å². The number of fused-ring (bicyclic) bond motifs is 1. The average Bonchev–Trinajstić information content (AvgIpc) is 3.09. The molecule has 0 unspecified atom stereocenters. The number of halogens is 1. The number of aryl methyl sites for hydroxylation is 2. The maximum absolute atomic E-state index is 12.5. The summed E-state index contributed by atoms with van der Waals surface area (Å²) < 4.78 is 3.63. The fourth-order valence-electron chi connectivity index (χ4n) is 2.49. The molecule has 0 radical (unpaired) electrons. The second-order valence-corrected chi connectivity index (χ2v) is 5.62. The average molecular weight is 332 g/mol. The number of carbonyl (C=O) groups excluding carboxylic acids is 1. The van der Waals surface area contributed by atoms with Gasteiger partial charge in [-0.15, -0.1) is 0 Å². The van der Waals surface area contributed by atoms with Gasteiger partial charge < -0.3 is 4.57 Å². The Morgan fingerprint density at radius 2 is 2.09 bits per heavy atom. The van der Waals surface area contributed by atoms with Gasteiger partial charge in [0.2, 0.25) is 5.95 Å². The van der Waals surface area contributed by atoms with Crippen molar-refractivity contribution in [2.24, 2.45) is 0 Å². The van der Waals surface area contributed by atoms with Gasteiger partial charge in [-0.3, -0.25) is 14.8 Å². The van der Waals surface area contributed by atoms with E-state index >= 15 is 0 Å². The minimum atomic E-state index is -0.352. The number of hydrogen-bond acceptors (Lipinski definition) is 3. The summed E-state index contributed by atoms with van der Waals surface area (Å²) in [5, 5.41) is 7.36. The lowest BCUT2D eigenvalue weighted by Gasteiger charge is -2.08. The number of amides is 1. The zero-order valence-electron chi connectivity index (χ0n) is 13.1. The normalized spacial score (nSPS) is 11.1. The third-order valence-electron chi connectivity index (χ3n) is 3.58. The second kappa shape index (κ2) is 6.42. The number of nitrogens with zero attached hydrogens (tertiary/aromatic N) is 4. The first kappa shape index (κ1) is 15.6. The van der Waals surface area contributed by atoms with Crippen LogP contribution < -0.4 is 5.32 Å². The number of benzene rings is 1. The molecule has 0 bridgehead atoms. The van der Waals surface area contributed by atoms with Crippen molar-refractivity contribution in [3.63, 3.8) is 0 Å². The van der Waals surface area contributed by atoms with Crippen molar-refractivity contribution in [2.45, 2.75) is 33.4 Å². The molecule has 0 aliphatic carbocycles. The highest BCUT2D eigenvalue weighted by Crippen LogP contribution is 2.21. The van der Waals surface area contributed by atoms with Gasteiger partial charge in [0.1, 0.15) is 0 Å². The summed E-state index contributed by atoms with van der Waals surface area (Å²) in [5.74, 6) is 0.162. The summed E-state index contributed by atoms with van der Waals surface area (Å²) >= 11 is 6.09. The van der Waals surface area contributed by atoms with Gasteiger partial charge in [0, 0.05) is 19.3 Å². The molecule has 1 N–H and O–H groups in total. The van der Waals surface area contributed by atoms with E-state index in [1.807, 2.05) is 35.8 Å². The van der Waals surface area contributed by atoms with E-state index in [-0.39, 0.29) is 11.6 Å². The van der Waals surface area contributed by atoms with Gasteiger partial charge >= 0.3 is 0 Å². The van der Waals surface area contributed by atoms with E-state index < -0.39 is 0 Å². The van der Waals surface area contributed by atoms with Crippen LogP contribution in [-0.4, -0.2) is 25.2 Å². The van der Waals surface area contributed by atoms with Gasteiger partial charge in [0.05, 0.1) is 16.1 Å². The fourth-order valence-corrected chi connectivity index (χ4v) is 2.73. The van der Waals surface area contributed by atoms with Crippen LogP contribution in [0.3, 0.4) is 0 Å². The molecular formula is C16H18ClN5O. The van der Waals surface area contributed by atoms with Crippen LogP contribution in [0.4, 0.5) is 5.95 Å². The third kappa shape index (κ3) is 2.94. The van der Waals surface area contributed by atoms with Gasteiger partial charge in [0.15, 0.2) is 5.69 Å². The molecule has 2 aromatic heterocycles. The van der Waals surface area contributed by atoms with Crippen LogP contribution in [0.2, 0.25) is 5.02 Å². The van der Waals surface area contributed by atoms with E-state index in [9.17, 15) is 4.79 Å². The van der Waals surface area contributed by atoms with Crippen LogP contribution in [0.15, 0.2) is 30.5 Å². The molecule has 7 heteroatoms. The number of nitrogens with one attached hydrogen (secondary N) is 1. The number of aromatic nitrogens is 4. The molecule has 0 spiro atoms. The molecular weight excluding hydrogens is 314 g/mol. The molecule has 120 valence electrons. The molecule has 3 aromatic rings. The summed E-state index contributed by atoms with van der Waals surface area (Å²) in [6.07, 6.45) is 2.58. The minimum absolute atomic E-state index is 0.212. The van der Waals surface area contributed by atoms with Crippen molar-refractivity contribution >= 4 is 34.5 Å². The van der Waals surface area contributed by atoms with Crippen molar-refractivity contribution in [1.82, 2.24) is 19.3 Å². The van der Waals surface area contributed by atoms with Gasteiger partial charge in [-0.25, -0.2) is 4.98 Å². The van der Waals surface area contributed by atoms with E-state index in [1.165, 1.54) is 0 Å². The first-order valence-corrected chi connectivity index (χ1v) is 8.01. The minimum Gasteiger partial charge on any atom is -0.310 e. The monoisotopic (exact) mass is 331 g/mol. The Hall–Kier alpha value is -2.34. The number of hydrogen-bond donors (Lipinski definition) is 1. The Kier molecular flexibility index (Phi) is 4.34. The quantitative estimate of drug-likeness (QED) is 0.777. The lowest BCUT2D eigenvalue weighted by atomic mass is 10.3. The molecule has 23 heavy (non-hydrogen) atoms. The maximum atomic E-state index is 12.5. The number of para-hydroxylation sites is 2. The Balaban J connectivity index is 1.95. The molecule has 0 fully saturated rings. The smallest absolute Gasteiger partial charge is 0.280 e. The molecule has 0 aliphatic heterocycles. The van der Waals surface area contributed by atoms with Gasteiger partial charge in [-0.1, -0.05) is 30.7 Å². The summed E-state index contributed by atoms with van der Waals surface area (Å²) in [4.78, 5) is 17.0. The fraction of sp³-hybridized carbons (Fsp3) is 0.312. The lowest BCUT2D eigenvalue weighted by molar-refractivity contribution is 0.102. The predicted molar refractivity (Wildman–Crippen MR) is 90.9 cm³/mol. The van der Waals surface area contributed by atoms with Crippen molar-refractivity contribution < 1.29 is 4.79 Å². The molecule has 0 saturated carbocycles. The van der Waals surface area contributed by atoms with Crippen molar-refractivity contribution in [2.75, 3.05) is 5.32 Å². The second-order valence-electron chi connectivity index (χ2n) is 5.21. The molecule has 0 aliphatic rings. The summed E-state index contributed by atoms with van der Waals surface area (Å²) in [7, 11) is 0. The molecule has 1 aromatic carbocycles. The summed E-state index contributed by atoms with van der Waals surface area (Å²) in [5.41, 5.74) is 2.06. The van der Waals surface area contributed by atoms with E-state index in [0.717, 1.165) is 24.0 Å². The Labute approximate surface area is 139 Å². The van der Waals surface area contributed by atoms with E-state index in [2.05, 4.69) is 22.3 Å². The summed E-state index contributed by atoms with van der Waals surface area (Å²) in [6.45, 7) is 5.44. The predicted octanol–water partition coefficient (Wildman–Crippen LogP) is 3.57. The highest BCUT2D eigenvalue weighted by atomic mass is 35.5. The largest absolute Gasteiger partial charge is 0.310 e. The molecule has 6 nitrogen and oxygen atoms in total. The van der Waals surface area contributed by atoms with Crippen LogP contribution in [0.25, 0.3) is 11.0 Å². The van der Waals surface area contributed by atoms with Crippen molar-refractivity contribution in [1.29, 1.82) is 0 Å². The Morgan fingerprint density at radius 1 is 1.30 bits per heavy atom. The molecule has 2 heterocycles. The van der Waals surface area contributed by atoms with Crippen LogP contribution in [-0.2, 0) is 13.1 Å². The SMILES string of the molecule is CCCn1c(NC(=O)c2nn(CC)cc2Cl)nc2ccccc21. The van der Waals surface area contributed by atoms with Crippen LogP contribution in [0.5, 0.6) is 0 Å². The number of anilines is 1. The van der Waals surface area contributed by atoms with Gasteiger partial charge in [-0.05, 0) is 25.5 Å². The lowest BCUT2D eigenvalue weighted by Crippen LogP contribution is -2.17. The third-order valence-corrected chi connectivity index (χ3v) is 3.86. The zero-order valence-corrected chi connectivity index (χ0v) is 13.8. The molecule has 1 amide bonds. The Bertz CT molecular complexity index is 851. The van der Waals surface area contributed by atoms with Crippen LogP contribution >= 0.6 is 11.6 Å². The number of imidazole rings is 1. The molecule has 0 saturated heterocycles. The maximum Gasteiger partial charge on any atom is 0.280 e. The van der Waals surface area contributed by atoms with E-state index in [4.69, 9.17) is 11.6 Å².